The van der Waals surface area contributed by atoms with Crippen molar-refractivity contribution in [2.24, 2.45) is 0 Å². The highest BCUT2D eigenvalue weighted by Gasteiger charge is 2.22. The lowest BCUT2D eigenvalue weighted by molar-refractivity contribution is 0.739. The van der Waals surface area contributed by atoms with Gasteiger partial charge in [-0.15, -0.1) is 11.8 Å². The van der Waals surface area contributed by atoms with Gasteiger partial charge in [-0.05, 0) is 24.6 Å². The number of hydrogen-bond donors (Lipinski definition) is 0. The van der Waals surface area contributed by atoms with Crippen molar-refractivity contribution in [2.75, 3.05) is 5.75 Å². The number of fused-ring (bicyclic) bond motifs is 1. The third-order valence-electron chi connectivity index (χ3n) is 4.17. The summed E-state index contributed by atoms with van der Waals surface area (Å²) < 4.78 is 1.76. The minimum atomic E-state index is 0.0603. The Bertz CT molecular complexity index is 950. The molecule has 25 heavy (non-hydrogen) atoms. The van der Waals surface area contributed by atoms with Gasteiger partial charge in [0.15, 0.2) is 5.16 Å². The van der Waals surface area contributed by atoms with E-state index in [1.54, 1.807) is 28.1 Å². The molecule has 2 aromatic carbocycles. The molecule has 0 spiro atoms. The topological polar surface area (TPSA) is 34.9 Å². The number of para-hydroxylation sites is 1. The van der Waals surface area contributed by atoms with Crippen LogP contribution in [0.2, 0.25) is 0 Å². The van der Waals surface area contributed by atoms with Crippen molar-refractivity contribution in [2.45, 2.75) is 29.1 Å². The van der Waals surface area contributed by atoms with E-state index in [1.807, 2.05) is 30.3 Å². The monoisotopic (exact) mass is 366 g/mol. The Morgan fingerprint density at radius 1 is 1.12 bits per heavy atom. The van der Waals surface area contributed by atoms with Crippen LogP contribution in [0.15, 0.2) is 69.4 Å². The Morgan fingerprint density at radius 3 is 2.64 bits per heavy atom. The van der Waals surface area contributed by atoms with Crippen LogP contribution in [0, 0.1) is 6.92 Å². The minimum Gasteiger partial charge on any atom is -0.268 e. The quantitative estimate of drug-likeness (QED) is 0.504. The molecule has 0 amide bonds. The molecule has 3 nitrogen and oxygen atoms in total. The third-order valence-corrected chi connectivity index (χ3v) is 6.29. The third kappa shape index (κ3) is 3.39. The average molecular weight is 367 g/mol. The van der Waals surface area contributed by atoms with Gasteiger partial charge >= 0.3 is 0 Å². The van der Waals surface area contributed by atoms with Gasteiger partial charge < -0.3 is 0 Å². The Kier molecular flexibility index (Phi) is 4.68. The lowest BCUT2D eigenvalue weighted by atomic mass is 10.2. The molecule has 3 aromatic rings. The Hall–Kier alpha value is -1.98. The Morgan fingerprint density at radius 2 is 1.88 bits per heavy atom. The van der Waals surface area contributed by atoms with Crippen molar-refractivity contribution in [3.63, 3.8) is 0 Å². The van der Waals surface area contributed by atoms with Crippen LogP contribution in [0.25, 0.3) is 5.69 Å². The fourth-order valence-electron chi connectivity index (χ4n) is 2.83. The predicted molar refractivity (Wildman–Crippen MR) is 105 cm³/mol. The Balaban J connectivity index is 1.74. The molecule has 0 unspecified atom stereocenters. The lowest BCUT2D eigenvalue weighted by Gasteiger charge is -2.13. The summed E-state index contributed by atoms with van der Waals surface area (Å²) >= 11 is 3.25. The molecule has 0 N–H and O–H groups in total. The standard InChI is InChI=1S/C20H18N2OS2/c1-14-7-9-15(10-8-14)13-25-20-21-17-11-12-24-18(17)19(23)22(20)16-5-3-2-4-6-16/h2-10H,11-13H2,1H3. The van der Waals surface area contributed by atoms with E-state index < -0.39 is 0 Å². The van der Waals surface area contributed by atoms with Crippen LogP contribution in [0.3, 0.4) is 0 Å². The van der Waals surface area contributed by atoms with Crippen LogP contribution in [-0.4, -0.2) is 15.3 Å². The second-order valence-corrected chi connectivity index (χ2v) is 8.07. The number of nitrogens with zero attached hydrogens (tertiary/aromatic N) is 2. The molecule has 0 aliphatic carbocycles. The van der Waals surface area contributed by atoms with Gasteiger partial charge in [0.2, 0.25) is 0 Å². The number of hydrogen-bond acceptors (Lipinski definition) is 4. The summed E-state index contributed by atoms with van der Waals surface area (Å²) in [6.07, 6.45) is 0.878. The van der Waals surface area contributed by atoms with E-state index in [0.717, 1.165) is 39.4 Å². The van der Waals surface area contributed by atoms with Crippen molar-refractivity contribution in [3.05, 3.63) is 81.8 Å². The summed E-state index contributed by atoms with van der Waals surface area (Å²) in [5.41, 5.74) is 4.38. The van der Waals surface area contributed by atoms with Gasteiger partial charge in [0.1, 0.15) is 0 Å². The maximum Gasteiger partial charge on any atom is 0.272 e. The molecular weight excluding hydrogens is 348 g/mol. The van der Waals surface area contributed by atoms with E-state index >= 15 is 0 Å². The molecule has 0 saturated carbocycles. The summed E-state index contributed by atoms with van der Waals surface area (Å²) in [7, 11) is 0. The molecular formula is C20H18N2OS2. The molecule has 0 fully saturated rings. The minimum absolute atomic E-state index is 0.0603. The number of aromatic nitrogens is 2. The summed E-state index contributed by atoms with van der Waals surface area (Å²) in [4.78, 5) is 18.7. The van der Waals surface area contributed by atoms with Crippen molar-refractivity contribution in [1.29, 1.82) is 0 Å². The van der Waals surface area contributed by atoms with Crippen LogP contribution >= 0.6 is 23.5 Å². The van der Waals surface area contributed by atoms with E-state index in [1.165, 1.54) is 11.1 Å². The van der Waals surface area contributed by atoms with Gasteiger partial charge in [-0.2, -0.15) is 0 Å². The molecule has 4 rings (SSSR count). The first-order chi connectivity index (χ1) is 12.2. The molecule has 0 atom stereocenters. The molecule has 0 saturated heterocycles. The Labute approximate surface area is 155 Å². The number of rotatable bonds is 4. The highest BCUT2D eigenvalue weighted by Crippen LogP contribution is 2.30. The van der Waals surface area contributed by atoms with Crippen molar-refractivity contribution >= 4 is 23.5 Å². The van der Waals surface area contributed by atoms with Gasteiger partial charge in [-0.1, -0.05) is 59.8 Å². The average Bonchev–Trinajstić information content (AvgIpc) is 3.11. The first-order valence-electron chi connectivity index (χ1n) is 8.25. The smallest absolute Gasteiger partial charge is 0.268 e. The van der Waals surface area contributed by atoms with Crippen LogP contribution < -0.4 is 5.56 Å². The van der Waals surface area contributed by atoms with Gasteiger partial charge in [0.05, 0.1) is 16.3 Å². The maximum atomic E-state index is 13.0. The maximum absolute atomic E-state index is 13.0. The second kappa shape index (κ2) is 7.10. The van der Waals surface area contributed by atoms with Gasteiger partial charge in [0.25, 0.3) is 5.56 Å². The first-order valence-corrected chi connectivity index (χ1v) is 10.2. The molecule has 1 aromatic heterocycles. The summed E-state index contributed by atoms with van der Waals surface area (Å²) in [5.74, 6) is 1.74. The SMILES string of the molecule is Cc1ccc(CSc2nc3c(c(=O)n2-c2ccccc2)SCC3)cc1. The molecule has 126 valence electrons. The van der Waals surface area contributed by atoms with E-state index in [2.05, 4.69) is 31.2 Å². The number of benzene rings is 2. The van der Waals surface area contributed by atoms with E-state index in [-0.39, 0.29) is 5.56 Å². The van der Waals surface area contributed by atoms with Crippen molar-refractivity contribution < 1.29 is 0 Å². The van der Waals surface area contributed by atoms with Gasteiger partial charge in [-0.3, -0.25) is 9.36 Å². The normalized spacial score (nSPS) is 13.0. The van der Waals surface area contributed by atoms with E-state index in [4.69, 9.17) is 4.98 Å². The number of aryl methyl sites for hydroxylation is 2. The van der Waals surface area contributed by atoms with E-state index in [9.17, 15) is 4.79 Å². The van der Waals surface area contributed by atoms with Gasteiger partial charge in [-0.25, -0.2) is 4.98 Å². The first kappa shape index (κ1) is 16.5. The summed E-state index contributed by atoms with van der Waals surface area (Å²) in [6.45, 7) is 2.09. The highest BCUT2D eigenvalue weighted by molar-refractivity contribution is 7.99. The molecule has 0 radical (unpaired) electrons. The zero-order chi connectivity index (χ0) is 17.2. The van der Waals surface area contributed by atoms with Crippen molar-refractivity contribution in [1.82, 2.24) is 9.55 Å². The second-order valence-electron chi connectivity index (χ2n) is 6.02. The van der Waals surface area contributed by atoms with E-state index in [0.29, 0.717) is 0 Å². The predicted octanol–water partition coefficient (Wildman–Crippen LogP) is 4.48. The summed E-state index contributed by atoms with van der Waals surface area (Å²) in [6, 6.07) is 18.3. The zero-order valence-electron chi connectivity index (χ0n) is 13.9. The molecule has 5 heteroatoms. The molecule has 1 aliphatic rings. The van der Waals surface area contributed by atoms with Crippen LogP contribution in [0.5, 0.6) is 0 Å². The molecule has 2 heterocycles. The molecule has 0 bridgehead atoms. The van der Waals surface area contributed by atoms with Crippen LogP contribution in [0.1, 0.15) is 16.8 Å². The fraction of sp³-hybridized carbons (Fsp3) is 0.200. The zero-order valence-corrected chi connectivity index (χ0v) is 15.6. The fourth-order valence-corrected chi connectivity index (χ4v) is 4.84. The summed E-state index contributed by atoms with van der Waals surface area (Å²) in [5, 5.41) is 0.776. The lowest BCUT2D eigenvalue weighted by Crippen LogP contribution is -2.23. The van der Waals surface area contributed by atoms with Gasteiger partial charge in [0, 0.05) is 17.9 Å². The molecule has 1 aliphatic heterocycles. The number of thioether (sulfide) groups is 2. The van der Waals surface area contributed by atoms with Crippen molar-refractivity contribution in [3.8, 4) is 5.69 Å². The van der Waals surface area contributed by atoms with Crippen LogP contribution in [-0.2, 0) is 12.2 Å². The largest absolute Gasteiger partial charge is 0.272 e. The highest BCUT2D eigenvalue weighted by atomic mass is 32.2. The van der Waals surface area contributed by atoms with Crippen LogP contribution in [0.4, 0.5) is 0 Å².